The molecule has 8 nitrogen and oxygen atoms in total. The summed E-state index contributed by atoms with van der Waals surface area (Å²) in [6.07, 6.45) is 4.66. The Balaban J connectivity index is 2.98. The Bertz CT molecular complexity index is 259. The van der Waals surface area contributed by atoms with Gasteiger partial charge in [-0.2, -0.15) is 0 Å². The summed E-state index contributed by atoms with van der Waals surface area (Å²) in [4.78, 5) is 5.33. The number of rotatable bonds is 14. The minimum Gasteiger partial charge on any atom is -0.381 e. The standard InChI is InChI=1S/C11H22N6O2/c12-16-14-6-4-10-18-8-2-1-3-9-19-11-5-7-15-17-13/h1-11H2. The van der Waals surface area contributed by atoms with E-state index in [1.165, 1.54) is 0 Å². The maximum atomic E-state index is 8.05. The molecule has 0 radical (unpaired) electrons. The third-order valence-electron chi connectivity index (χ3n) is 2.30. The van der Waals surface area contributed by atoms with Gasteiger partial charge in [0.15, 0.2) is 0 Å². The van der Waals surface area contributed by atoms with Crippen LogP contribution in [0.5, 0.6) is 0 Å². The molecular formula is C11H22N6O2. The lowest BCUT2D eigenvalue weighted by Crippen LogP contribution is -2.01. The van der Waals surface area contributed by atoms with Crippen LogP contribution in [0.15, 0.2) is 10.2 Å². The lowest BCUT2D eigenvalue weighted by atomic mass is 10.2. The average molecular weight is 270 g/mol. The van der Waals surface area contributed by atoms with Gasteiger partial charge >= 0.3 is 0 Å². The molecule has 0 aliphatic carbocycles. The number of hydrogen-bond donors (Lipinski definition) is 0. The lowest BCUT2D eigenvalue weighted by Gasteiger charge is -2.04. The molecule has 0 atom stereocenters. The Morgan fingerprint density at radius 3 is 1.47 bits per heavy atom. The van der Waals surface area contributed by atoms with Gasteiger partial charge in [0.25, 0.3) is 0 Å². The maximum Gasteiger partial charge on any atom is 0.0467 e. The third-order valence-corrected chi connectivity index (χ3v) is 2.30. The molecule has 0 unspecified atom stereocenters. The highest BCUT2D eigenvalue weighted by atomic mass is 16.5. The fourth-order valence-electron chi connectivity index (χ4n) is 1.35. The van der Waals surface area contributed by atoms with Crippen molar-refractivity contribution in [3.8, 4) is 0 Å². The smallest absolute Gasteiger partial charge is 0.0467 e. The Kier molecular flexibility index (Phi) is 15.3. The van der Waals surface area contributed by atoms with Gasteiger partial charge < -0.3 is 9.47 Å². The van der Waals surface area contributed by atoms with Crippen LogP contribution in [0.1, 0.15) is 32.1 Å². The fourth-order valence-corrected chi connectivity index (χ4v) is 1.35. The average Bonchev–Trinajstić information content (AvgIpc) is 2.43. The van der Waals surface area contributed by atoms with E-state index in [1.807, 2.05) is 0 Å². The lowest BCUT2D eigenvalue weighted by molar-refractivity contribution is 0.114. The molecule has 108 valence electrons. The molecule has 0 aromatic carbocycles. The van der Waals surface area contributed by atoms with E-state index in [2.05, 4.69) is 20.1 Å². The number of ether oxygens (including phenoxy) is 2. The van der Waals surface area contributed by atoms with Crippen LogP contribution >= 0.6 is 0 Å². The summed E-state index contributed by atoms with van der Waals surface area (Å²) in [7, 11) is 0. The van der Waals surface area contributed by atoms with Gasteiger partial charge in [0, 0.05) is 49.3 Å². The van der Waals surface area contributed by atoms with Crippen LogP contribution in [0.3, 0.4) is 0 Å². The normalized spacial score (nSPS) is 9.68. The van der Waals surface area contributed by atoms with Crippen molar-refractivity contribution in [2.75, 3.05) is 39.5 Å². The molecular weight excluding hydrogens is 248 g/mol. The monoisotopic (exact) mass is 270 g/mol. The fraction of sp³-hybridized carbons (Fsp3) is 1.00. The zero-order valence-corrected chi connectivity index (χ0v) is 11.3. The van der Waals surface area contributed by atoms with Gasteiger partial charge in [-0.25, -0.2) is 0 Å². The summed E-state index contributed by atoms with van der Waals surface area (Å²) in [6.45, 7) is 3.78. The molecule has 8 heteroatoms. The van der Waals surface area contributed by atoms with Crippen molar-refractivity contribution in [3.05, 3.63) is 20.9 Å². The van der Waals surface area contributed by atoms with Crippen molar-refractivity contribution in [1.29, 1.82) is 0 Å². The van der Waals surface area contributed by atoms with E-state index in [0.29, 0.717) is 26.3 Å². The number of azide groups is 2. The quantitative estimate of drug-likeness (QED) is 0.207. The molecule has 0 rings (SSSR count). The number of nitrogens with zero attached hydrogens (tertiary/aromatic N) is 6. The second-order valence-corrected chi connectivity index (χ2v) is 3.90. The highest BCUT2D eigenvalue weighted by molar-refractivity contribution is 4.48. The van der Waals surface area contributed by atoms with Gasteiger partial charge in [-0.15, -0.1) is 0 Å². The number of hydrogen-bond acceptors (Lipinski definition) is 4. The van der Waals surface area contributed by atoms with E-state index in [0.717, 1.165) is 45.3 Å². The van der Waals surface area contributed by atoms with Crippen LogP contribution in [-0.4, -0.2) is 39.5 Å². The van der Waals surface area contributed by atoms with E-state index in [-0.39, 0.29) is 0 Å². The first-order valence-electron chi connectivity index (χ1n) is 6.59. The molecule has 0 aliphatic heterocycles. The highest BCUT2D eigenvalue weighted by Crippen LogP contribution is 1.98. The molecule has 0 heterocycles. The maximum absolute atomic E-state index is 8.05. The van der Waals surface area contributed by atoms with Gasteiger partial charge in [0.05, 0.1) is 0 Å². The summed E-state index contributed by atoms with van der Waals surface area (Å²) < 4.78 is 10.8. The molecule has 0 amide bonds. The first-order valence-corrected chi connectivity index (χ1v) is 6.59. The predicted octanol–water partition coefficient (Wildman–Crippen LogP) is 3.59. The van der Waals surface area contributed by atoms with Crippen LogP contribution in [-0.2, 0) is 9.47 Å². The predicted molar refractivity (Wildman–Crippen MR) is 72.7 cm³/mol. The van der Waals surface area contributed by atoms with Crippen LogP contribution in [0.2, 0.25) is 0 Å². The molecule has 0 aliphatic rings. The van der Waals surface area contributed by atoms with Crippen molar-refractivity contribution in [2.24, 2.45) is 10.2 Å². The number of unbranched alkanes of at least 4 members (excludes halogenated alkanes) is 2. The van der Waals surface area contributed by atoms with Crippen LogP contribution in [0.4, 0.5) is 0 Å². The summed E-state index contributed by atoms with van der Waals surface area (Å²) in [5.74, 6) is 0. The molecule has 0 N–H and O–H groups in total. The Morgan fingerprint density at radius 1 is 0.632 bits per heavy atom. The van der Waals surface area contributed by atoms with Crippen molar-refractivity contribution in [3.63, 3.8) is 0 Å². The van der Waals surface area contributed by atoms with Crippen molar-refractivity contribution in [2.45, 2.75) is 32.1 Å². The minimum absolute atomic E-state index is 0.500. The van der Waals surface area contributed by atoms with Crippen LogP contribution in [0.25, 0.3) is 20.9 Å². The largest absolute Gasteiger partial charge is 0.381 e. The van der Waals surface area contributed by atoms with Gasteiger partial charge in [0.2, 0.25) is 0 Å². The van der Waals surface area contributed by atoms with Gasteiger partial charge in [-0.3, -0.25) is 0 Å². The second-order valence-electron chi connectivity index (χ2n) is 3.90. The summed E-state index contributed by atoms with van der Waals surface area (Å²) in [5, 5.41) is 6.85. The van der Waals surface area contributed by atoms with Gasteiger partial charge in [-0.1, -0.05) is 10.2 Å². The molecule has 0 aromatic rings. The zero-order valence-electron chi connectivity index (χ0n) is 11.3. The molecule has 0 saturated heterocycles. The zero-order chi connectivity index (χ0) is 14.0. The van der Waals surface area contributed by atoms with E-state index in [9.17, 15) is 0 Å². The van der Waals surface area contributed by atoms with Crippen LogP contribution < -0.4 is 0 Å². The Hall–Kier alpha value is -1.46. The first kappa shape index (κ1) is 17.5. The highest BCUT2D eigenvalue weighted by Gasteiger charge is 1.92. The molecule has 0 fully saturated rings. The topological polar surface area (TPSA) is 116 Å². The van der Waals surface area contributed by atoms with Gasteiger partial charge in [-0.05, 0) is 43.2 Å². The SMILES string of the molecule is [N-]=[N+]=NCCCOCCCCCOCCCN=[N+]=[N-]. The molecule has 0 aromatic heterocycles. The van der Waals surface area contributed by atoms with E-state index in [1.54, 1.807) is 0 Å². The first-order chi connectivity index (χ1) is 9.41. The van der Waals surface area contributed by atoms with Crippen LogP contribution in [0, 0.1) is 0 Å². The molecule has 0 bridgehead atoms. The molecule has 19 heavy (non-hydrogen) atoms. The molecule has 0 spiro atoms. The summed E-state index contributed by atoms with van der Waals surface area (Å²) >= 11 is 0. The Morgan fingerprint density at radius 2 is 1.05 bits per heavy atom. The summed E-state index contributed by atoms with van der Waals surface area (Å²) in [5.41, 5.74) is 16.1. The van der Waals surface area contributed by atoms with E-state index < -0.39 is 0 Å². The molecule has 0 saturated carbocycles. The van der Waals surface area contributed by atoms with Crippen molar-refractivity contribution < 1.29 is 9.47 Å². The van der Waals surface area contributed by atoms with Gasteiger partial charge in [0.1, 0.15) is 0 Å². The Labute approximate surface area is 113 Å². The van der Waals surface area contributed by atoms with Crippen molar-refractivity contribution >= 4 is 0 Å². The summed E-state index contributed by atoms with van der Waals surface area (Å²) in [6, 6.07) is 0. The van der Waals surface area contributed by atoms with Crippen molar-refractivity contribution in [1.82, 2.24) is 0 Å². The minimum atomic E-state index is 0.500. The van der Waals surface area contributed by atoms with E-state index >= 15 is 0 Å². The van der Waals surface area contributed by atoms with E-state index in [4.69, 9.17) is 20.5 Å². The third kappa shape index (κ3) is 16.5. The second kappa shape index (κ2) is 16.5.